The third-order valence-corrected chi connectivity index (χ3v) is 5.04. The molecular weight excluding hydrogens is 400 g/mol. The van der Waals surface area contributed by atoms with E-state index >= 15 is 0 Å². The Labute approximate surface area is 152 Å². The number of anilines is 1. The maximum Gasteiger partial charge on any atom is 0.182 e. The summed E-state index contributed by atoms with van der Waals surface area (Å²) >= 11 is 3.13. The van der Waals surface area contributed by atoms with Crippen LogP contribution in [0.5, 0.6) is 0 Å². The smallest absolute Gasteiger partial charge is 0.182 e. The van der Waals surface area contributed by atoms with Gasteiger partial charge in [0, 0.05) is 36.6 Å². The maximum atomic E-state index is 14.5. The van der Waals surface area contributed by atoms with E-state index in [0.717, 1.165) is 6.07 Å². The average molecular weight is 417 g/mol. The number of hydrogen-bond donors (Lipinski definition) is 1. The number of piperazine rings is 1. The molecule has 1 aliphatic rings. The third kappa shape index (κ3) is 3.67. The summed E-state index contributed by atoms with van der Waals surface area (Å²) in [4.78, 5) is 1.72. The summed E-state index contributed by atoms with van der Waals surface area (Å²) in [6.45, 7) is 1.52. The Morgan fingerprint density at radius 1 is 1.00 bits per heavy atom. The van der Waals surface area contributed by atoms with Crippen molar-refractivity contribution in [3.05, 3.63) is 64.7 Å². The highest BCUT2D eigenvalue weighted by Crippen LogP contribution is 2.28. The molecule has 7 heteroatoms. The second-order valence-electron chi connectivity index (χ2n) is 5.97. The molecule has 2 aromatic carbocycles. The first-order valence-corrected chi connectivity index (χ1v) is 9.08. The van der Waals surface area contributed by atoms with Crippen LogP contribution in [0.3, 0.4) is 0 Å². The molecule has 1 fully saturated rings. The van der Waals surface area contributed by atoms with Crippen molar-refractivity contribution in [3.8, 4) is 0 Å². The van der Waals surface area contributed by atoms with Crippen LogP contribution in [0.25, 0.3) is 0 Å². The summed E-state index contributed by atoms with van der Waals surface area (Å²) < 4.78 is 56.0. The Morgan fingerprint density at radius 2 is 1.80 bits per heavy atom. The fraction of sp³-hybridized carbons (Fsp3) is 0.333. The number of alkyl halides is 1. The van der Waals surface area contributed by atoms with Gasteiger partial charge < -0.3 is 10.2 Å². The minimum Gasteiger partial charge on any atom is -0.363 e. The zero-order valence-corrected chi connectivity index (χ0v) is 14.9. The fourth-order valence-electron chi connectivity index (χ4n) is 3.12. The minimum atomic E-state index is -0.913. The first-order chi connectivity index (χ1) is 12.0. The number of halogens is 5. The molecule has 1 saturated heterocycles. The summed E-state index contributed by atoms with van der Waals surface area (Å²) in [7, 11) is 0. The van der Waals surface area contributed by atoms with Gasteiger partial charge >= 0.3 is 0 Å². The van der Waals surface area contributed by atoms with Gasteiger partial charge in [-0.3, -0.25) is 0 Å². The van der Waals surface area contributed by atoms with Crippen LogP contribution in [0, 0.1) is 23.3 Å². The van der Waals surface area contributed by atoms with Crippen LogP contribution >= 0.6 is 15.9 Å². The lowest BCUT2D eigenvalue weighted by Gasteiger charge is -2.38. The number of rotatable bonds is 4. The third-order valence-electron chi connectivity index (χ3n) is 4.43. The van der Waals surface area contributed by atoms with Crippen molar-refractivity contribution in [1.29, 1.82) is 0 Å². The van der Waals surface area contributed by atoms with Crippen LogP contribution in [0.15, 0.2) is 30.3 Å². The van der Waals surface area contributed by atoms with Crippen LogP contribution in [0.4, 0.5) is 23.2 Å². The summed E-state index contributed by atoms with van der Waals surface area (Å²) in [5, 5.41) is 3.38. The molecule has 0 aliphatic carbocycles. The molecule has 0 amide bonds. The molecule has 0 radical (unpaired) electrons. The SMILES string of the molecule is Fc1cccc(CC2CNCCN2c2ccc(CBr)c(F)c2F)c1F. The van der Waals surface area contributed by atoms with Crippen molar-refractivity contribution >= 4 is 21.6 Å². The van der Waals surface area contributed by atoms with Gasteiger partial charge in [0.2, 0.25) is 0 Å². The molecule has 3 rings (SSSR count). The van der Waals surface area contributed by atoms with E-state index < -0.39 is 23.3 Å². The molecule has 0 saturated carbocycles. The van der Waals surface area contributed by atoms with E-state index in [4.69, 9.17) is 0 Å². The Kier molecular flexibility index (Phi) is 5.64. The minimum absolute atomic E-state index is 0.144. The van der Waals surface area contributed by atoms with Crippen LogP contribution in [-0.4, -0.2) is 25.7 Å². The monoisotopic (exact) mass is 416 g/mol. The standard InChI is InChI=1S/C18H17BrF4N2/c19-9-12-4-5-15(18(23)17(12)22)25-7-6-24-10-13(25)8-11-2-1-3-14(20)16(11)21/h1-5,13,24H,6-10H2. The predicted molar refractivity (Wildman–Crippen MR) is 93.1 cm³/mol. The van der Waals surface area contributed by atoms with Crippen LogP contribution in [0.2, 0.25) is 0 Å². The highest BCUT2D eigenvalue weighted by Gasteiger charge is 2.27. The highest BCUT2D eigenvalue weighted by atomic mass is 79.9. The molecule has 1 unspecified atom stereocenters. The van der Waals surface area contributed by atoms with Gasteiger partial charge in [-0.05, 0) is 24.1 Å². The number of nitrogens with one attached hydrogen (secondary N) is 1. The molecule has 2 nitrogen and oxygen atoms in total. The Bertz CT molecular complexity index is 769. The van der Waals surface area contributed by atoms with Gasteiger partial charge in [-0.15, -0.1) is 0 Å². The van der Waals surface area contributed by atoms with Gasteiger partial charge in [-0.1, -0.05) is 34.1 Å². The molecule has 1 heterocycles. The first-order valence-electron chi connectivity index (χ1n) is 7.96. The lowest BCUT2D eigenvalue weighted by Crippen LogP contribution is -2.52. The number of benzene rings is 2. The van der Waals surface area contributed by atoms with Crippen molar-refractivity contribution in [3.63, 3.8) is 0 Å². The van der Waals surface area contributed by atoms with Crippen LogP contribution in [0.1, 0.15) is 11.1 Å². The van der Waals surface area contributed by atoms with Gasteiger partial charge in [-0.2, -0.15) is 0 Å². The van der Waals surface area contributed by atoms with Gasteiger partial charge in [0.25, 0.3) is 0 Å². The van der Waals surface area contributed by atoms with Crippen molar-refractivity contribution in [2.45, 2.75) is 17.8 Å². The zero-order valence-electron chi connectivity index (χ0n) is 13.3. The van der Waals surface area contributed by atoms with E-state index in [1.54, 1.807) is 4.90 Å². The van der Waals surface area contributed by atoms with Gasteiger partial charge in [0.05, 0.1) is 5.69 Å². The lowest BCUT2D eigenvalue weighted by molar-refractivity contribution is 0.442. The average Bonchev–Trinajstić information content (AvgIpc) is 2.62. The molecule has 134 valence electrons. The van der Waals surface area contributed by atoms with E-state index in [9.17, 15) is 17.6 Å². The molecule has 1 aliphatic heterocycles. The maximum absolute atomic E-state index is 14.5. The molecular formula is C18H17BrF4N2. The summed E-state index contributed by atoms with van der Waals surface area (Å²) in [5.41, 5.74) is 0.603. The largest absolute Gasteiger partial charge is 0.363 e. The molecule has 25 heavy (non-hydrogen) atoms. The summed E-state index contributed by atoms with van der Waals surface area (Å²) in [6.07, 6.45) is 0.192. The molecule has 2 aromatic rings. The van der Waals surface area contributed by atoms with E-state index in [1.807, 2.05) is 0 Å². The van der Waals surface area contributed by atoms with Crippen molar-refractivity contribution in [1.82, 2.24) is 5.32 Å². The van der Waals surface area contributed by atoms with Crippen molar-refractivity contribution in [2.75, 3.05) is 24.5 Å². The normalized spacial score (nSPS) is 17.8. The van der Waals surface area contributed by atoms with Crippen molar-refractivity contribution < 1.29 is 17.6 Å². The highest BCUT2D eigenvalue weighted by molar-refractivity contribution is 9.08. The van der Waals surface area contributed by atoms with E-state index in [2.05, 4.69) is 21.2 Å². The van der Waals surface area contributed by atoms with Gasteiger partial charge in [-0.25, -0.2) is 17.6 Å². The fourth-order valence-corrected chi connectivity index (χ4v) is 3.56. The number of nitrogens with zero attached hydrogens (tertiary/aromatic N) is 1. The predicted octanol–water partition coefficient (Wildman–Crippen LogP) is 4.16. The van der Waals surface area contributed by atoms with E-state index in [-0.39, 0.29) is 34.6 Å². The van der Waals surface area contributed by atoms with E-state index in [0.29, 0.717) is 19.6 Å². The molecule has 0 bridgehead atoms. The van der Waals surface area contributed by atoms with Crippen molar-refractivity contribution in [2.24, 2.45) is 0 Å². The second kappa shape index (κ2) is 7.74. The molecule has 1 atom stereocenters. The topological polar surface area (TPSA) is 15.3 Å². The molecule has 0 spiro atoms. The Balaban J connectivity index is 1.91. The van der Waals surface area contributed by atoms with Gasteiger partial charge in [0.1, 0.15) is 0 Å². The van der Waals surface area contributed by atoms with Crippen LogP contribution in [-0.2, 0) is 11.8 Å². The van der Waals surface area contributed by atoms with E-state index in [1.165, 1.54) is 24.3 Å². The lowest BCUT2D eigenvalue weighted by atomic mass is 10.0. The number of hydrogen-bond acceptors (Lipinski definition) is 2. The Hall–Kier alpha value is -1.60. The summed E-state index contributed by atoms with van der Waals surface area (Å²) in [6, 6.07) is 6.77. The zero-order chi connectivity index (χ0) is 18.0. The quantitative estimate of drug-likeness (QED) is 0.594. The molecule has 1 N–H and O–H groups in total. The second-order valence-corrected chi connectivity index (χ2v) is 6.53. The molecule has 0 aromatic heterocycles. The first kappa shape index (κ1) is 18.2. The van der Waals surface area contributed by atoms with Gasteiger partial charge in [0.15, 0.2) is 23.3 Å². The Morgan fingerprint density at radius 3 is 2.56 bits per heavy atom. The van der Waals surface area contributed by atoms with Crippen LogP contribution < -0.4 is 10.2 Å². The summed E-state index contributed by atoms with van der Waals surface area (Å²) in [5.74, 6) is -3.60.